The van der Waals surface area contributed by atoms with E-state index in [2.05, 4.69) is 15.9 Å². The first-order valence-corrected chi connectivity index (χ1v) is 2.55. The maximum atomic E-state index is 9.80. The smallest absolute Gasteiger partial charge is 0.349 e. The molecule has 0 spiro atoms. The Hall–Kier alpha value is -0.130. The molecule has 0 aromatic carbocycles. The van der Waals surface area contributed by atoms with E-state index in [0.717, 1.165) is 0 Å². The molecule has 0 aliphatic rings. The summed E-state index contributed by atoms with van der Waals surface area (Å²) in [5.74, 6) is -1.50. The molecular formula is C3H5BrO4. The molecule has 0 heterocycles. The minimum Gasteiger partial charge on any atom is -0.478 e. The SMILES string of the molecule is O=C(O)C(O)(Br)CO. The van der Waals surface area contributed by atoms with Crippen molar-refractivity contribution in [1.82, 2.24) is 0 Å². The Balaban J connectivity index is 3.91. The van der Waals surface area contributed by atoms with E-state index in [9.17, 15) is 4.79 Å². The third-order valence-corrected chi connectivity index (χ3v) is 1.13. The lowest BCUT2D eigenvalue weighted by molar-refractivity contribution is -0.151. The Labute approximate surface area is 53.9 Å². The van der Waals surface area contributed by atoms with Crippen LogP contribution >= 0.6 is 15.9 Å². The number of hydrogen-bond acceptors (Lipinski definition) is 3. The van der Waals surface area contributed by atoms with Crippen LogP contribution in [0.5, 0.6) is 0 Å². The van der Waals surface area contributed by atoms with E-state index in [4.69, 9.17) is 15.3 Å². The van der Waals surface area contributed by atoms with Crippen molar-refractivity contribution >= 4 is 21.9 Å². The van der Waals surface area contributed by atoms with Crippen LogP contribution in [0.25, 0.3) is 0 Å². The van der Waals surface area contributed by atoms with Gasteiger partial charge < -0.3 is 15.3 Å². The summed E-state index contributed by atoms with van der Waals surface area (Å²) >= 11 is 2.35. The summed E-state index contributed by atoms with van der Waals surface area (Å²) in [5.41, 5.74) is 0. The van der Waals surface area contributed by atoms with Gasteiger partial charge in [-0.05, 0) is 15.9 Å². The number of halogens is 1. The van der Waals surface area contributed by atoms with Crippen LogP contribution in [-0.2, 0) is 4.79 Å². The molecule has 0 amide bonds. The van der Waals surface area contributed by atoms with Crippen molar-refractivity contribution in [1.29, 1.82) is 0 Å². The molecule has 0 aromatic heterocycles. The zero-order valence-corrected chi connectivity index (χ0v) is 5.42. The molecule has 1 unspecified atom stereocenters. The fourth-order valence-corrected chi connectivity index (χ4v) is 0.0676. The Morgan fingerprint density at radius 1 is 1.75 bits per heavy atom. The number of carboxylic acids is 1. The maximum Gasteiger partial charge on any atom is 0.349 e. The number of alkyl halides is 1. The second kappa shape index (κ2) is 2.43. The van der Waals surface area contributed by atoms with Gasteiger partial charge in [-0.2, -0.15) is 0 Å². The molecule has 8 heavy (non-hydrogen) atoms. The number of hydrogen-bond donors (Lipinski definition) is 3. The number of carbonyl (C=O) groups is 1. The Kier molecular flexibility index (Phi) is 2.39. The molecule has 0 bridgehead atoms. The molecule has 0 aromatic rings. The van der Waals surface area contributed by atoms with Gasteiger partial charge in [0.1, 0.15) is 0 Å². The van der Waals surface area contributed by atoms with Gasteiger partial charge in [0.25, 0.3) is 0 Å². The normalized spacial score (nSPS) is 17.4. The monoisotopic (exact) mass is 184 g/mol. The van der Waals surface area contributed by atoms with Crippen molar-refractivity contribution in [3.05, 3.63) is 0 Å². The van der Waals surface area contributed by atoms with Crippen molar-refractivity contribution in [2.75, 3.05) is 6.61 Å². The Bertz CT molecular complexity index is 99.5. The van der Waals surface area contributed by atoms with Gasteiger partial charge in [-0.3, -0.25) is 0 Å². The second-order valence-electron chi connectivity index (χ2n) is 1.22. The summed E-state index contributed by atoms with van der Waals surface area (Å²) in [6.45, 7) is -0.845. The van der Waals surface area contributed by atoms with E-state index in [1.807, 2.05) is 0 Å². The topological polar surface area (TPSA) is 77.8 Å². The van der Waals surface area contributed by atoms with E-state index in [0.29, 0.717) is 0 Å². The van der Waals surface area contributed by atoms with Crippen LogP contribution in [-0.4, -0.2) is 32.4 Å². The molecule has 1 atom stereocenters. The van der Waals surface area contributed by atoms with Gasteiger partial charge in [-0.1, -0.05) is 0 Å². The lowest BCUT2D eigenvalue weighted by Gasteiger charge is -2.09. The molecule has 0 radical (unpaired) electrons. The van der Waals surface area contributed by atoms with Crippen molar-refractivity contribution in [2.24, 2.45) is 0 Å². The van der Waals surface area contributed by atoms with E-state index in [1.165, 1.54) is 0 Å². The molecule has 0 fully saturated rings. The number of aliphatic carboxylic acids is 1. The van der Waals surface area contributed by atoms with Gasteiger partial charge >= 0.3 is 5.97 Å². The van der Waals surface area contributed by atoms with Gasteiger partial charge in [-0.15, -0.1) is 0 Å². The van der Waals surface area contributed by atoms with Gasteiger partial charge in [0.2, 0.25) is 4.51 Å². The average molecular weight is 185 g/mol. The number of aliphatic hydroxyl groups is 2. The van der Waals surface area contributed by atoms with Crippen LogP contribution in [0.4, 0.5) is 0 Å². The van der Waals surface area contributed by atoms with Crippen molar-refractivity contribution < 1.29 is 20.1 Å². The van der Waals surface area contributed by atoms with Crippen molar-refractivity contribution in [3.63, 3.8) is 0 Å². The van der Waals surface area contributed by atoms with Crippen LogP contribution < -0.4 is 0 Å². The number of rotatable bonds is 2. The maximum absolute atomic E-state index is 9.80. The minimum atomic E-state index is -2.17. The molecule has 0 saturated heterocycles. The fourth-order valence-electron chi connectivity index (χ4n) is 0.0676. The molecular weight excluding hydrogens is 180 g/mol. The highest BCUT2D eigenvalue weighted by Crippen LogP contribution is 2.11. The van der Waals surface area contributed by atoms with Crippen LogP contribution in [0, 0.1) is 0 Å². The second-order valence-corrected chi connectivity index (χ2v) is 2.53. The van der Waals surface area contributed by atoms with E-state index in [-0.39, 0.29) is 0 Å². The standard InChI is InChI=1S/C3H5BrO4/c4-3(8,1-5)2(6)7/h5,8H,1H2,(H,6,7). The summed E-state index contributed by atoms with van der Waals surface area (Å²) in [4.78, 5) is 9.80. The van der Waals surface area contributed by atoms with Gasteiger partial charge in [0, 0.05) is 0 Å². The van der Waals surface area contributed by atoms with Gasteiger partial charge in [0.05, 0.1) is 6.61 Å². The lowest BCUT2D eigenvalue weighted by Crippen LogP contribution is -2.35. The van der Waals surface area contributed by atoms with Crippen LogP contribution in [0.2, 0.25) is 0 Å². The van der Waals surface area contributed by atoms with E-state index in [1.54, 1.807) is 0 Å². The third-order valence-electron chi connectivity index (χ3n) is 0.537. The molecule has 5 heteroatoms. The van der Waals surface area contributed by atoms with E-state index >= 15 is 0 Å². The molecule has 0 saturated carbocycles. The first-order valence-electron chi connectivity index (χ1n) is 1.76. The molecule has 4 nitrogen and oxygen atoms in total. The average Bonchev–Trinajstić information content (AvgIpc) is 1.67. The highest BCUT2D eigenvalue weighted by Gasteiger charge is 2.30. The summed E-state index contributed by atoms with van der Waals surface area (Å²) in [5, 5.41) is 24.5. The van der Waals surface area contributed by atoms with Crippen LogP contribution in [0.15, 0.2) is 0 Å². The summed E-state index contributed by atoms with van der Waals surface area (Å²) in [7, 11) is 0. The zero-order chi connectivity index (χ0) is 6.78. The highest BCUT2D eigenvalue weighted by molar-refractivity contribution is 9.10. The van der Waals surface area contributed by atoms with Gasteiger partial charge in [0.15, 0.2) is 0 Å². The van der Waals surface area contributed by atoms with Crippen molar-refractivity contribution in [3.8, 4) is 0 Å². The van der Waals surface area contributed by atoms with Gasteiger partial charge in [-0.25, -0.2) is 4.79 Å². The Morgan fingerprint density at radius 3 is 2.12 bits per heavy atom. The summed E-state index contributed by atoms with van der Waals surface area (Å²) < 4.78 is -2.17. The molecule has 0 rings (SSSR count). The first kappa shape index (κ1) is 7.87. The van der Waals surface area contributed by atoms with Crippen LogP contribution in [0.3, 0.4) is 0 Å². The predicted octanol–water partition coefficient (Wildman–Crippen LogP) is -0.853. The first-order chi connectivity index (χ1) is 3.50. The van der Waals surface area contributed by atoms with E-state index < -0.39 is 17.1 Å². The fraction of sp³-hybridized carbons (Fsp3) is 0.667. The molecule has 0 aliphatic heterocycles. The predicted molar refractivity (Wildman–Crippen MR) is 28.6 cm³/mol. The number of carboxylic acid groups (broad SMARTS) is 1. The summed E-state index contributed by atoms with van der Waals surface area (Å²) in [6, 6.07) is 0. The molecule has 0 aliphatic carbocycles. The third kappa shape index (κ3) is 1.77. The van der Waals surface area contributed by atoms with Crippen molar-refractivity contribution in [2.45, 2.75) is 4.51 Å². The highest BCUT2D eigenvalue weighted by atomic mass is 79.9. The Morgan fingerprint density at radius 2 is 2.12 bits per heavy atom. The molecule has 3 N–H and O–H groups in total. The largest absolute Gasteiger partial charge is 0.478 e. The molecule has 48 valence electrons. The quantitative estimate of drug-likeness (QED) is 0.489. The summed E-state index contributed by atoms with van der Waals surface area (Å²) in [6.07, 6.45) is 0. The van der Waals surface area contributed by atoms with Crippen LogP contribution in [0.1, 0.15) is 0 Å². The minimum absolute atomic E-state index is 0.845. The number of aliphatic hydroxyl groups excluding tert-OH is 1. The zero-order valence-electron chi connectivity index (χ0n) is 3.83. The lowest BCUT2D eigenvalue weighted by atomic mass is 10.4.